The van der Waals surface area contributed by atoms with Crippen molar-refractivity contribution in [2.24, 2.45) is 0 Å². The van der Waals surface area contributed by atoms with Crippen LogP contribution < -0.4 is 5.32 Å². The highest BCUT2D eigenvalue weighted by Gasteiger charge is 2.13. The number of carbonyl (C=O) groups is 1. The summed E-state index contributed by atoms with van der Waals surface area (Å²) in [7, 11) is 0. The van der Waals surface area contributed by atoms with E-state index in [2.05, 4.69) is 62.0 Å². The minimum atomic E-state index is -0.124. The molecule has 0 spiro atoms. The van der Waals surface area contributed by atoms with Gasteiger partial charge in [-0.2, -0.15) is 15.4 Å². The van der Waals surface area contributed by atoms with Crippen LogP contribution in [0.4, 0.5) is 0 Å². The van der Waals surface area contributed by atoms with Gasteiger partial charge in [-0.05, 0) is 66.4 Å². The Bertz CT molecular complexity index is 1190. The van der Waals surface area contributed by atoms with Crippen molar-refractivity contribution in [3.8, 4) is 11.1 Å². The molecule has 2 N–H and O–H groups in total. The van der Waals surface area contributed by atoms with Crippen LogP contribution in [-0.4, -0.2) is 39.3 Å². The Labute approximate surface area is 181 Å². The molecule has 0 radical (unpaired) electrons. The number of aromatic nitrogens is 3. The highest BCUT2D eigenvalue weighted by atomic mass is 16.1. The molecule has 3 aromatic carbocycles. The van der Waals surface area contributed by atoms with Gasteiger partial charge in [0.25, 0.3) is 5.91 Å². The molecule has 1 fully saturated rings. The molecule has 0 atom stereocenters. The molecule has 1 aromatic heterocycles. The number of fused-ring (bicyclic) bond motifs is 1. The van der Waals surface area contributed by atoms with E-state index in [9.17, 15) is 4.79 Å². The zero-order valence-corrected chi connectivity index (χ0v) is 17.3. The van der Waals surface area contributed by atoms with Crippen LogP contribution in [0.3, 0.4) is 0 Å². The molecule has 31 heavy (non-hydrogen) atoms. The maximum absolute atomic E-state index is 12.7. The van der Waals surface area contributed by atoms with Crippen LogP contribution in [0.25, 0.3) is 22.2 Å². The molecule has 1 saturated heterocycles. The first-order valence-corrected chi connectivity index (χ1v) is 10.7. The number of nitrogens with one attached hydrogen (secondary N) is 2. The second-order valence-electron chi connectivity index (χ2n) is 8.05. The van der Waals surface area contributed by atoms with Crippen molar-refractivity contribution in [3.63, 3.8) is 0 Å². The van der Waals surface area contributed by atoms with E-state index in [0.29, 0.717) is 17.6 Å². The molecular weight excluding hydrogens is 386 g/mol. The third-order valence-electron chi connectivity index (χ3n) is 5.91. The van der Waals surface area contributed by atoms with Crippen LogP contribution in [0.2, 0.25) is 0 Å². The second-order valence-corrected chi connectivity index (χ2v) is 8.05. The minimum Gasteiger partial charge on any atom is -0.348 e. The average molecular weight is 412 g/mol. The first-order chi connectivity index (χ1) is 15.3. The van der Waals surface area contributed by atoms with Crippen molar-refractivity contribution in [2.45, 2.75) is 25.9 Å². The van der Waals surface area contributed by atoms with Gasteiger partial charge in [0.15, 0.2) is 0 Å². The predicted octanol–water partition coefficient (Wildman–Crippen LogP) is 4.15. The normalized spacial score (nSPS) is 14.2. The molecule has 0 saturated carbocycles. The number of benzene rings is 3. The second kappa shape index (κ2) is 8.70. The molecular formula is C25H25N5O. The Morgan fingerprint density at radius 1 is 0.935 bits per heavy atom. The van der Waals surface area contributed by atoms with E-state index in [4.69, 9.17) is 0 Å². The van der Waals surface area contributed by atoms with Crippen molar-refractivity contribution in [1.82, 2.24) is 25.6 Å². The van der Waals surface area contributed by atoms with Crippen molar-refractivity contribution in [2.75, 3.05) is 13.1 Å². The number of hydrogen-bond acceptors (Lipinski definition) is 4. The highest BCUT2D eigenvalue weighted by molar-refractivity contribution is 5.97. The van der Waals surface area contributed by atoms with Crippen molar-refractivity contribution in [1.29, 1.82) is 0 Å². The fraction of sp³-hybridized carbons (Fsp3) is 0.240. The zero-order valence-electron chi connectivity index (χ0n) is 17.3. The number of hydrogen-bond donors (Lipinski definition) is 2. The Morgan fingerprint density at radius 3 is 2.55 bits per heavy atom. The quantitative estimate of drug-likeness (QED) is 0.500. The Balaban J connectivity index is 1.29. The van der Waals surface area contributed by atoms with Gasteiger partial charge in [-0.3, -0.25) is 9.69 Å². The summed E-state index contributed by atoms with van der Waals surface area (Å²) in [6.45, 7) is 3.89. The first-order valence-electron chi connectivity index (χ1n) is 10.7. The molecule has 5 rings (SSSR count). The highest BCUT2D eigenvalue weighted by Crippen LogP contribution is 2.25. The Kier molecular flexibility index (Phi) is 5.46. The maximum Gasteiger partial charge on any atom is 0.251 e. The van der Waals surface area contributed by atoms with Gasteiger partial charge >= 0.3 is 0 Å². The fourth-order valence-corrected chi connectivity index (χ4v) is 4.20. The van der Waals surface area contributed by atoms with Crippen LogP contribution >= 0.6 is 0 Å². The summed E-state index contributed by atoms with van der Waals surface area (Å²) in [6, 6.07) is 22.3. The maximum atomic E-state index is 12.7. The van der Waals surface area contributed by atoms with E-state index in [1.54, 1.807) is 18.2 Å². The minimum absolute atomic E-state index is 0.124. The standard InChI is InChI=1S/C25H25N5O/c31-25(20-11-12-23-24(15-20)28-29-27-23)26-16-21-5-1-2-6-22(21)19-9-7-18(8-10-19)17-30-13-3-4-14-30/h1-2,5-12,15H,3-4,13-14,16-17H2,(H,26,31)(H,27,28,29). The van der Waals surface area contributed by atoms with Crippen molar-refractivity contribution < 1.29 is 4.79 Å². The van der Waals surface area contributed by atoms with Gasteiger partial charge in [-0.15, -0.1) is 0 Å². The number of aromatic amines is 1. The van der Waals surface area contributed by atoms with E-state index in [1.807, 2.05) is 12.1 Å². The summed E-state index contributed by atoms with van der Waals surface area (Å²) in [6.07, 6.45) is 2.62. The number of nitrogens with zero attached hydrogens (tertiary/aromatic N) is 3. The number of H-pyrrole nitrogens is 1. The summed E-state index contributed by atoms with van der Waals surface area (Å²) in [5, 5.41) is 13.7. The van der Waals surface area contributed by atoms with Crippen LogP contribution in [0, 0.1) is 0 Å². The summed E-state index contributed by atoms with van der Waals surface area (Å²) < 4.78 is 0. The van der Waals surface area contributed by atoms with Crippen LogP contribution in [0.5, 0.6) is 0 Å². The van der Waals surface area contributed by atoms with Gasteiger partial charge in [-0.25, -0.2) is 0 Å². The third-order valence-corrected chi connectivity index (χ3v) is 5.91. The van der Waals surface area contributed by atoms with Crippen molar-refractivity contribution in [3.05, 3.63) is 83.4 Å². The SMILES string of the molecule is O=C(NCc1ccccc1-c1ccc(CN2CCCC2)cc1)c1ccc2n[nH]nc2c1. The van der Waals surface area contributed by atoms with Gasteiger partial charge in [0.05, 0.1) is 0 Å². The number of amides is 1. The van der Waals surface area contributed by atoms with Gasteiger partial charge in [0.2, 0.25) is 0 Å². The largest absolute Gasteiger partial charge is 0.348 e. The molecule has 4 aromatic rings. The van der Waals surface area contributed by atoms with Gasteiger partial charge in [-0.1, -0.05) is 48.5 Å². The lowest BCUT2D eigenvalue weighted by Crippen LogP contribution is -2.23. The molecule has 1 amide bonds. The van der Waals surface area contributed by atoms with E-state index < -0.39 is 0 Å². The number of rotatable bonds is 6. The fourth-order valence-electron chi connectivity index (χ4n) is 4.20. The lowest BCUT2D eigenvalue weighted by molar-refractivity contribution is 0.0951. The average Bonchev–Trinajstić information content (AvgIpc) is 3.49. The van der Waals surface area contributed by atoms with E-state index >= 15 is 0 Å². The predicted molar refractivity (Wildman–Crippen MR) is 121 cm³/mol. The molecule has 0 aliphatic carbocycles. The molecule has 6 heteroatoms. The molecule has 156 valence electrons. The lowest BCUT2D eigenvalue weighted by atomic mass is 9.98. The van der Waals surface area contributed by atoms with Gasteiger partial charge in [0.1, 0.15) is 11.0 Å². The zero-order chi connectivity index (χ0) is 21.0. The molecule has 1 aliphatic heterocycles. The summed E-state index contributed by atoms with van der Waals surface area (Å²) >= 11 is 0. The molecule has 6 nitrogen and oxygen atoms in total. The van der Waals surface area contributed by atoms with Gasteiger partial charge in [0, 0.05) is 18.7 Å². The van der Waals surface area contributed by atoms with Gasteiger partial charge < -0.3 is 5.32 Å². The van der Waals surface area contributed by atoms with Crippen molar-refractivity contribution >= 4 is 16.9 Å². The number of carbonyl (C=O) groups excluding carboxylic acids is 1. The first kappa shape index (κ1) is 19.5. The monoisotopic (exact) mass is 411 g/mol. The summed E-state index contributed by atoms with van der Waals surface area (Å²) in [5.74, 6) is -0.124. The lowest BCUT2D eigenvalue weighted by Gasteiger charge is -2.15. The number of likely N-dealkylation sites (tertiary alicyclic amines) is 1. The summed E-state index contributed by atoms with van der Waals surface area (Å²) in [5.41, 5.74) is 6.74. The molecule has 0 bridgehead atoms. The molecule has 0 unspecified atom stereocenters. The Morgan fingerprint density at radius 2 is 1.71 bits per heavy atom. The molecule has 1 aliphatic rings. The topological polar surface area (TPSA) is 73.9 Å². The van der Waals surface area contributed by atoms with Crippen LogP contribution in [-0.2, 0) is 13.1 Å². The Hall–Kier alpha value is -3.51. The van der Waals surface area contributed by atoms with E-state index in [-0.39, 0.29) is 5.91 Å². The van der Waals surface area contributed by atoms with E-state index in [1.165, 1.54) is 37.1 Å². The third kappa shape index (κ3) is 4.34. The summed E-state index contributed by atoms with van der Waals surface area (Å²) in [4.78, 5) is 15.2. The van der Waals surface area contributed by atoms with Crippen LogP contribution in [0.15, 0.2) is 66.7 Å². The van der Waals surface area contributed by atoms with E-state index in [0.717, 1.165) is 23.2 Å². The smallest absolute Gasteiger partial charge is 0.251 e. The van der Waals surface area contributed by atoms with Crippen LogP contribution in [0.1, 0.15) is 34.3 Å². The molecule has 2 heterocycles.